The molecule has 100 valence electrons. The van der Waals surface area contributed by atoms with E-state index in [1.54, 1.807) is 31.2 Å². The van der Waals surface area contributed by atoms with Crippen LogP contribution in [0.4, 0.5) is 0 Å². The molecule has 0 radical (unpaired) electrons. The van der Waals surface area contributed by atoms with Gasteiger partial charge in [-0.2, -0.15) is 0 Å². The Hall–Kier alpha value is -2.62. The number of hydrogen-bond donors (Lipinski definition) is 0. The van der Waals surface area contributed by atoms with Crippen LogP contribution in [0.1, 0.15) is 17.3 Å². The molecular weight excluding hydrogens is 254 g/mol. The lowest BCUT2D eigenvalue weighted by molar-refractivity contribution is 0.0526. The van der Waals surface area contributed by atoms with E-state index in [1.165, 1.54) is 0 Å². The summed E-state index contributed by atoms with van der Waals surface area (Å²) in [5.41, 5.74) is 2.91. The number of hydrogen-bond acceptors (Lipinski definition) is 4. The largest absolute Gasteiger partial charge is 0.462 e. The highest BCUT2D eigenvalue weighted by atomic mass is 16.5. The minimum Gasteiger partial charge on any atom is -0.462 e. The highest BCUT2D eigenvalue weighted by Gasteiger charge is 2.10. The molecule has 0 aliphatic heterocycles. The van der Waals surface area contributed by atoms with Crippen LogP contribution in [-0.2, 0) is 4.74 Å². The highest BCUT2D eigenvalue weighted by molar-refractivity contribution is 5.90. The first kappa shape index (κ1) is 12.4. The Kier molecular flexibility index (Phi) is 3.21. The monoisotopic (exact) mass is 267 g/mol. The van der Waals surface area contributed by atoms with Gasteiger partial charge in [-0.15, -0.1) is 0 Å². The molecule has 0 bridgehead atoms. The van der Waals surface area contributed by atoms with Crippen LogP contribution in [0.2, 0.25) is 0 Å². The number of carbonyl (C=O) groups is 1. The molecule has 1 heterocycles. The summed E-state index contributed by atoms with van der Waals surface area (Å²) in [7, 11) is 0. The SMILES string of the molecule is CCOC(=O)c1ccc(-c2nc3ccccc3o2)cc1. The van der Waals surface area contributed by atoms with Crippen molar-refractivity contribution in [2.75, 3.05) is 6.61 Å². The summed E-state index contributed by atoms with van der Waals surface area (Å²) >= 11 is 0. The van der Waals surface area contributed by atoms with Crippen LogP contribution in [-0.4, -0.2) is 17.6 Å². The van der Waals surface area contributed by atoms with E-state index >= 15 is 0 Å². The quantitative estimate of drug-likeness (QED) is 0.679. The zero-order valence-corrected chi connectivity index (χ0v) is 11.0. The molecule has 4 heteroatoms. The molecular formula is C16H13NO3. The predicted octanol–water partition coefficient (Wildman–Crippen LogP) is 3.67. The second kappa shape index (κ2) is 5.17. The first-order chi connectivity index (χ1) is 9.78. The number of carbonyl (C=O) groups excluding carboxylic acids is 1. The van der Waals surface area contributed by atoms with Crippen LogP contribution >= 0.6 is 0 Å². The van der Waals surface area contributed by atoms with Gasteiger partial charge >= 0.3 is 5.97 Å². The first-order valence-corrected chi connectivity index (χ1v) is 6.41. The molecule has 0 saturated carbocycles. The third-order valence-electron chi connectivity index (χ3n) is 2.94. The lowest BCUT2D eigenvalue weighted by Gasteiger charge is -2.01. The van der Waals surface area contributed by atoms with Gasteiger partial charge in [0.1, 0.15) is 5.52 Å². The van der Waals surface area contributed by atoms with E-state index in [0.29, 0.717) is 18.1 Å². The molecule has 20 heavy (non-hydrogen) atoms. The van der Waals surface area contributed by atoms with E-state index < -0.39 is 0 Å². The van der Waals surface area contributed by atoms with Crippen LogP contribution in [0.15, 0.2) is 52.9 Å². The Labute approximate surface area is 116 Å². The Bertz CT molecular complexity index is 711. The zero-order valence-electron chi connectivity index (χ0n) is 11.0. The summed E-state index contributed by atoms with van der Waals surface area (Å²) in [6.07, 6.45) is 0. The lowest BCUT2D eigenvalue weighted by Crippen LogP contribution is -2.03. The maximum absolute atomic E-state index is 11.6. The van der Waals surface area contributed by atoms with Gasteiger partial charge in [0.2, 0.25) is 5.89 Å². The van der Waals surface area contributed by atoms with E-state index in [2.05, 4.69) is 4.98 Å². The van der Waals surface area contributed by atoms with Gasteiger partial charge in [-0.25, -0.2) is 9.78 Å². The van der Waals surface area contributed by atoms with E-state index in [0.717, 1.165) is 16.7 Å². The lowest BCUT2D eigenvalue weighted by atomic mass is 10.1. The van der Waals surface area contributed by atoms with Crippen molar-refractivity contribution < 1.29 is 13.9 Å². The maximum atomic E-state index is 11.6. The third kappa shape index (κ3) is 2.28. The van der Waals surface area contributed by atoms with Crippen molar-refractivity contribution in [2.45, 2.75) is 6.92 Å². The Morgan fingerprint density at radius 2 is 1.90 bits per heavy atom. The van der Waals surface area contributed by atoms with Crippen molar-refractivity contribution in [3.63, 3.8) is 0 Å². The van der Waals surface area contributed by atoms with Gasteiger partial charge in [0.15, 0.2) is 5.58 Å². The molecule has 0 amide bonds. The summed E-state index contributed by atoms with van der Waals surface area (Å²) in [6.45, 7) is 2.15. The van der Waals surface area contributed by atoms with Crippen LogP contribution in [0.5, 0.6) is 0 Å². The molecule has 2 aromatic carbocycles. The number of ether oxygens (including phenoxy) is 1. The number of oxazole rings is 1. The van der Waals surface area contributed by atoms with Crippen LogP contribution in [0.3, 0.4) is 0 Å². The Balaban J connectivity index is 1.92. The minimum atomic E-state index is -0.323. The van der Waals surface area contributed by atoms with Crippen LogP contribution in [0, 0.1) is 0 Å². The second-order valence-corrected chi connectivity index (χ2v) is 4.28. The van der Waals surface area contributed by atoms with Gasteiger partial charge < -0.3 is 9.15 Å². The average molecular weight is 267 g/mol. The fourth-order valence-corrected chi connectivity index (χ4v) is 1.96. The summed E-state index contributed by atoms with van der Waals surface area (Å²) < 4.78 is 10.6. The van der Waals surface area contributed by atoms with Crippen molar-refractivity contribution in [1.29, 1.82) is 0 Å². The van der Waals surface area contributed by atoms with Gasteiger partial charge in [0.05, 0.1) is 12.2 Å². The van der Waals surface area contributed by atoms with Crippen LogP contribution < -0.4 is 0 Å². The number of benzene rings is 2. The number of rotatable bonds is 3. The van der Waals surface area contributed by atoms with Crippen molar-refractivity contribution in [1.82, 2.24) is 4.98 Å². The first-order valence-electron chi connectivity index (χ1n) is 6.41. The summed E-state index contributed by atoms with van der Waals surface area (Å²) in [6, 6.07) is 14.6. The maximum Gasteiger partial charge on any atom is 0.338 e. The number of nitrogens with zero attached hydrogens (tertiary/aromatic N) is 1. The molecule has 3 rings (SSSR count). The van der Waals surface area contributed by atoms with Crippen LogP contribution in [0.25, 0.3) is 22.6 Å². The Morgan fingerprint density at radius 3 is 2.60 bits per heavy atom. The molecule has 1 aromatic heterocycles. The normalized spacial score (nSPS) is 10.7. The minimum absolute atomic E-state index is 0.323. The average Bonchev–Trinajstić information content (AvgIpc) is 2.91. The van der Waals surface area contributed by atoms with E-state index in [-0.39, 0.29) is 5.97 Å². The molecule has 3 aromatic rings. The molecule has 0 aliphatic rings. The second-order valence-electron chi connectivity index (χ2n) is 4.28. The molecule has 0 N–H and O–H groups in total. The fraction of sp³-hybridized carbons (Fsp3) is 0.125. The molecule has 0 unspecified atom stereocenters. The summed E-state index contributed by atoms with van der Waals surface area (Å²) in [5, 5.41) is 0. The Morgan fingerprint density at radius 1 is 1.15 bits per heavy atom. The molecule has 0 saturated heterocycles. The topological polar surface area (TPSA) is 52.3 Å². The molecule has 0 atom stereocenters. The predicted molar refractivity (Wildman–Crippen MR) is 75.4 cm³/mol. The van der Waals surface area contributed by atoms with E-state index in [9.17, 15) is 4.79 Å². The molecule has 0 fully saturated rings. The zero-order chi connectivity index (χ0) is 13.9. The van der Waals surface area contributed by atoms with E-state index in [4.69, 9.17) is 9.15 Å². The molecule has 0 spiro atoms. The third-order valence-corrected chi connectivity index (χ3v) is 2.94. The van der Waals surface area contributed by atoms with Gasteiger partial charge in [-0.05, 0) is 43.3 Å². The molecule has 4 nitrogen and oxygen atoms in total. The van der Waals surface area contributed by atoms with Gasteiger partial charge in [-0.3, -0.25) is 0 Å². The number of aromatic nitrogens is 1. The van der Waals surface area contributed by atoms with Gasteiger partial charge in [0.25, 0.3) is 0 Å². The van der Waals surface area contributed by atoms with Crippen molar-refractivity contribution in [2.24, 2.45) is 0 Å². The standard InChI is InChI=1S/C16H13NO3/c1-2-19-16(18)12-9-7-11(8-10-12)15-17-13-5-3-4-6-14(13)20-15/h3-10H,2H2,1H3. The van der Waals surface area contributed by atoms with Crippen molar-refractivity contribution >= 4 is 17.1 Å². The van der Waals surface area contributed by atoms with Gasteiger partial charge in [0, 0.05) is 5.56 Å². The highest BCUT2D eigenvalue weighted by Crippen LogP contribution is 2.24. The smallest absolute Gasteiger partial charge is 0.338 e. The number of fused-ring (bicyclic) bond motifs is 1. The van der Waals surface area contributed by atoms with Crippen molar-refractivity contribution in [3.05, 3.63) is 54.1 Å². The van der Waals surface area contributed by atoms with Crippen molar-refractivity contribution in [3.8, 4) is 11.5 Å². The molecule has 0 aliphatic carbocycles. The fourth-order valence-electron chi connectivity index (χ4n) is 1.96. The summed E-state index contributed by atoms with van der Waals surface area (Å²) in [5.74, 6) is 0.221. The number of para-hydroxylation sites is 2. The van der Waals surface area contributed by atoms with Gasteiger partial charge in [-0.1, -0.05) is 12.1 Å². The summed E-state index contributed by atoms with van der Waals surface area (Å²) in [4.78, 5) is 16.0. The van der Waals surface area contributed by atoms with E-state index in [1.807, 2.05) is 24.3 Å². The number of esters is 1.